The van der Waals surface area contributed by atoms with Gasteiger partial charge in [-0.15, -0.1) is 11.3 Å². The molecule has 9 heteroatoms. The number of thiophene rings is 1. The number of amides is 1. The SMILES string of the molecule is CC(C1CCCCC1)N1CCc2sc(NC(=O)Cc3ccc(S(N)(=O)=O)cc3)c(C#N)c2C1. The van der Waals surface area contributed by atoms with Gasteiger partial charge in [0.15, 0.2) is 0 Å². The van der Waals surface area contributed by atoms with E-state index in [1.54, 1.807) is 12.1 Å². The molecule has 1 amide bonds. The Morgan fingerprint density at radius 3 is 2.61 bits per heavy atom. The fraction of sp³-hybridized carbons (Fsp3) is 0.500. The molecule has 4 rings (SSSR count). The lowest BCUT2D eigenvalue weighted by atomic mass is 9.83. The number of nitrogens with one attached hydrogen (secondary N) is 1. The second-order valence-electron chi connectivity index (χ2n) is 9.09. The van der Waals surface area contributed by atoms with Crippen LogP contribution in [0.15, 0.2) is 29.2 Å². The molecule has 1 atom stereocenters. The van der Waals surface area contributed by atoms with Crippen LogP contribution in [0.3, 0.4) is 0 Å². The summed E-state index contributed by atoms with van der Waals surface area (Å²) in [6, 6.07) is 8.77. The van der Waals surface area contributed by atoms with Crippen LogP contribution in [0.5, 0.6) is 0 Å². The molecule has 1 saturated carbocycles. The highest BCUT2D eigenvalue weighted by molar-refractivity contribution is 7.89. The van der Waals surface area contributed by atoms with E-state index in [-0.39, 0.29) is 17.2 Å². The summed E-state index contributed by atoms with van der Waals surface area (Å²) >= 11 is 1.50. The number of fused-ring (bicyclic) bond motifs is 1. The van der Waals surface area contributed by atoms with E-state index in [9.17, 15) is 18.5 Å². The average Bonchev–Trinajstić information content (AvgIpc) is 3.14. The van der Waals surface area contributed by atoms with E-state index in [1.807, 2.05) is 0 Å². The number of anilines is 1. The molecule has 0 bridgehead atoms. The molecule has 0 spiro atoms. The number of benzene rings is 1. The smallest absolute Gasteiger partial charge is 0.238 e. The Morgan fingerprint density at radius 2 is 1.97 bits per heavy atom. The molecule has 2 aliphatic rings. The van der Waals surface area contributed by atoms with Gasteiger partial charge in [-0.2, -0.15) is 5.26 Å². The van der Waals surface area contributed by atoms with E-state index < -0.39 is 10.0 Å². The lowest BCUT2D eigenvalue weighted by molar-refractivity contribution is -0.115. The molecule has 176 valence electrons. The minimum absolute atomic E-state index is 0.0105. The standard InChI is InChI=1S/C24H30N4O3S2/c1-16(18-5-3-2-4-6-18)28-12-11-22-21(15-28)20(14-25)24(32-22)27-23(29)13-17-7-9-19(10-8-17)33(26,30)31/h7-10,16,18H,2-6,11-13,15H2,1H3,(H,27,29)(H2,26,30,31). The van der Waals surface area contributed by atoms with Gasteiger partial charge >= 0.3 is 0 Å². The van der Waals surface area contributed by atoms with Gasteiger partial charge in [0, 0.05) is 29.6 Å². The van der Waals surface area contributed by atoms with Gasteiger partial charge < -0.3 is 5.32 Å². The summed E-state index contributed by atoms with van der Waals surface area (Å²) in [4.78, 5) is 16.4. The third-order valence-corrected chi connectivity index (χ3v) is 9.10. The zero-order valence-electron chi connectivity index (χ0n) is 18.8. The predicted molar refractivity (Wildman–Crippen MR) is 129 cm³/mol. The summed E-state index contributed by atoms with van der Waals surface area (Å²) in [5.74, 6) is 0.491. The first-order chi connectivity index (χ1) is 15.8. The Hall–Kier alpha value is -2.25. The molecule has 1 aromatic heterocycles. The highest BCUT2D eigenvalue weighted by Gasteiger charge is 2.31. The van der Waals surface area contributed by atoms with Crippen LogP contribution in [0.4, 0.5) is 5.00 Å². The van der Waals surface area contributed by atoms with Crippen molar-refractivity contribution in [2.75, 3.05) is 11.9 Å². The van der Waals surface area contributed by atoms with E-state index in [0.717, 1.165) is 31.0 Å². The van der Waals surface area contributed by atoms with Crippen molar-refractivity contribution in [3.63, 3.8) is 0 Å². The number of nitrogens with two attached hydrogens (primary N) is 1. The number of carbonyl (C=O) groups is 1. The van der Waals surface area contributed by atoms with Crippen LogP contribution in [-0.2, 0) is 34.2 Å². The largest absolute Gasteiger partial charge is 0.316 e. The number of nitriles is 1. The minimum atomic E-state index is -3.76. The molecular formula is C24H30N4O3S2. The normalized spacial score (nSPS) is 18.3. The van der Waals surface area contributed by atoms with Crippen molar-refractivity contribution in [1.29, 1.82) is 5.26 Å². The van der Waals surface area contributed by atoms with Crippen LogP contribution in [-0.4, -0.2) is 31.8 Å². The number of sulfonamides is 1. The van der Waals surface area contributed by atoms with E-state index in [2.05, 4.69) is 23.2 Å². The van der Waals surface area contributed by atoms with E-state index in [4.69, 9.17) is 5.14 Å². The lowest BCUT2D eigenvalue weighted by Gasteiger charge is -2.38. The number of carbonyl (C=O) groups excluding carboxylic acids is 1. The highest BCUT2D eigenvalue weighted by atomic mass is 32.2. The summed E-state index contributed by atoms with van der Waals surface area (Å²) in [6.07, 6.45) is 7.54. The van der Waals surface area contributed by atoms with Crippen molar-refractivity contribution >= 4 is 32.3 Å². The Balaban J connectivity index is 1.44. The molecule has 1 aliphatic carbocycles. The van der Waals surface area contributed by atoms with Gasteiger partial charge in [-0.1, -0.05) is 31.4 Å². The van der Waals surface area contributed by atoms with Crippen LogP contribution in [0.2, 0.25) is 0 Å². The van der Waals surface area contributed by atoms with Crippen molar-refractivity contribution in [3.05, 3.63) is 45.8 Å². The van der Waals surface area contributed by atoms with E-state index >= 15 is 0 Å². The van der Waals surface area contributed by atoms with Gasteiger partial charge in [0.2, 0.25) is 15.9 Å². The van der Waals surface area contributed by atoms with Crippen molar-refractivity contribution in [1.82, 2.24) is 4.90 Å². The molecule has 0 radical (unpaired) electrons. The first-order valence-corrected chi connectivity index (χ1v) is 13.8. The van der Waals surface area contributed by atoms with Crippen LogP contribution in [0, 0.1) is 17.2 Å². The first-order valence-electron chi connectivity index (χ1n) is 11.5. The monoisotopic (exact) mass is 486 g/mol. The molecule has 7 nitrogen and oxygen atoms in total. The summed E-state index contributed by atoms with van der Waals surface area (Å²) in [5, 5.41) is 18.5. The molecule has 1 unspecified atom stereocenters. The van der Waals surface area contributed by atoms with Crippen molar-refractivity contribution in [2.45, 2.75) is 69.4 Å². The van der Waals surface area contributed by atoms with Gasteiger partial charge in [-0.25, -0.2) is 13.6 Å². The van der Waals surface area contributed by atoms with E-state index in [1.165, 1.54) is 60.5 Å². The maximum Gasteiger partial charge on any atom is 0.238 e. The zero-order valence-corrected chi connectivity index (χ0v) is 20.5. The topological polar surface area (TPSA) is 116 Å². The zero-order chi connectivity index (χ0) is 23.6. The Morgan fingerprint density at radius 1 is 1.27 bits per heavy atom. The maximum absolute atomic E-state index is 12.7. The van der Waals surface area contributed by atoms with Crippen molar-refractivity contribution in [2.24, 2.45) is 11.1 Å². The van der Waals surface area contributed by atoms with E-state index in [0.29, 0.717) is 22.2 Å². The number of hydrogen-bond donors (Lipinski definition) is 2. The quantitative estimate of drug-likeness (QED) is 0.645. The molecular weight excluding hydrogens is 456 g/mol. The summed E-state index contributed by atoms with van der Waals surface area (Å²) < 4.78 is 22.8. The van der Waals surface area contributed by atoms with Gasteiger partial charge in [0.25, 0.3) is 0 Å². The number of primary sulfonamides is 1. The summed E-state index contributed by atoms with van der Waals surface area (Å²) in [6.45, 7) is 4.07. The van der Waals surface area contributed by atoms with Crippen LogP contribution in [0.25, 0.3) is 0 Å². The van der Waals surface area contributed by atoms with Crippen LogP contribution < -0.4 is 10.5 Å². The first kappa shape index (κ1) is 23.9. The molecule has 1 aliphatic heterocycles. The van der Waals surface area contributed by atoms with Crippen molar-refractivity contribution in [3.8, 4) is 6.07 Å². The molecule has 1 fully saturated rings. The van der Waals surface area contributed by atoms with Crippen molar-refractivity contribution < 1.29 is 13.2 Å². The minimum Gasteiger partial charge on any atom is -0.316 e. The fourth-order valence-electron chi connectivity index (χ4n) is 5.03. The number of rotatable bonds is 6. The molecule has 0 saturated heterocycles. The average molecular weight is 487 g/mol. The molecule has 2 aromatic rings. The van der Waals surface area contributed by atoms with Crippen LogP contribution >= 0.6 is 11.3 Å². The third-order valence-electron chi connectivity index (χ3n) is 6.97. The lowest BCUT2D eigenvalue weighted by Crippen LogP contribution is -2.42. The Labute approximate surface area is 199 Å². The fourth-order valence-corrected chi connectivity index (χ4v) is 6.71. The molecule has 1 aromatic carbocycles. The highest BCUT2D eigenvalue weighted by Crippen LogP contribution is 2.39. The molecule has 2 heterocycles. The summed E-state index contributed by atoms with van der Waals surface area (Å²) in [5.41, 5.74) is 2.31. The second-order valence-corrected chi connectivity index (χ2v) is 11.8. The second kappa shape index (κ2) is 9.94. The number of nitrogens with zero attached hydrogens (tertiary/aromatic N) is 2. The van der Waals surface area contributed by atoms with Gasteiger partial charge in [-0.05, 0) is 49.8 Å². The van der Waals surface area contributed by atoms with Gasteiger partial charge in [0.1, 0.15) is 11.1 Å². The van der Waals surface area contributed by atoms with Crippen LogP contribution in [0.1, 0.15) is 60.6 Å². The van der Waals surface area contributed by atoms with Gasteiger partial charge in [0.05, 0.1) is 16.9 Å². The van der Waals surface area contributed by atoms with Gasteiger partial charge in [-0.3, -0.25) is 9.69 Å². The molecule has 33 heavy (non-hydrogen) atoms. The Bertz CT molecular complexity index is 1160. The molecule has 3 N–H and O–H groups in total. The third kappa shape index (κ3) is 5.46. The Kier molecular flexibility index (Phi) is 7.19. The number of hydrogen-bond acceptors (Lipinski definition) is 6. The summed E-state index contributed by atoms with van der Waals surface area (Å²) in [7, 11) is -3.76. The predicted octanol–water partition coefficient (Wildman–Crippen LogP) is 3.78. The maximum atomic E-state index is 12.7.